The topological polar surface area (TPSA) is 78.9 Å². The zero-order chi connectivity index (χ0) is 50.0. The van der Waals surface area contributed by atoms with Crippen molar-refractivity contribution in [3.8, 4) is 0 Å². The van der Waals surface area contributed by atoms with Gasteiger partial charge in [-0.2, -0.15) is 0 Å². The van der Waals surface area contributed by atoms with E-state index in [1.165, 1.54) is 103 Å². The van der Waals surface area contributed by atoms with Crippen molar-refractivity contribution < 1.29 is 28.6 Å². The van der Waals surface area contributed by atoms with Crippen LogP contribution in [0.25, 0.3) is 0 Å². The van der Waals surface area contributed by atoms with Crippen LogP contribution < -0.4 is 0 Å². The average molecular weight is 956 g/mol. The molecule has 0 aliphatic rings. The molecule has 0 saturated heterocycles. The van der Waals surface area contributed by atoms with E-state index < -0.39 is 6.10 Å². The average Bonchev–Trinajstić information content (AvgIpc) is 3.35. The van der Waals surface area contributed by atoms with Gasteiger partial charge in [0.25, 0.3) is 0 Å². The molecule has 0 aliphatic carbocycles. The number of rotatable bonds is 49. The van der Waals surface area contributed by atoms with Gasteiger partial charge in [0.1, 0.15) is 13.2 Å². The predicted molar refractivity (Wildman–Crippen MR) is 297 cm³/mol. The molecule has 0 unspecified atom stereocenters. The van der Waals surface area contributed by atoms with E-state index in [4.69, 9.17) is 14.2 Å². The summed E-state index contributed by atoms with van der Waals surface area (Å²) in [5.41, 5.74) is 0. The molecular weight excluding hydrogens is 853 g/mol. The highest BCUT2D eigenvalue weighted by Gasteiger charge is 2.19. The van der Waals surface area contributed by atoms with Gasteiger partial charge in [-0.05, 0) is 96.3 Å². The molecule has 69 heavy (non-hydrogen) atoms. The summed E-state index contributed by atoms with van der Waals surface area (Å²) in [5, 5.41) is 0. The minimum absolute atomic E-state index is 0.125. The molecule has 0 aliphatic heterocycles. The molecule has 0 amide bonds. The standard InChI is InChI=1S/C63H102O6/c1-4-7-10-13-16-19-22-25-28-30-31-33-35-38-41-44-47-50-53-56-62(65)68-59-60(58-67-61(64)55-52-49-46-43-40-37-34-27-24-21-18-15-12-9-6-3)69-63(66)57-54-51-48-45-42-39-36-32-29-26-23-20-17-14-11-8-5-2/h8,11,16-17,19-20,25-26,28-29,31,33,36,38-39,41,45,47-48,50,60H,4-7,9-10,12-15,18,21-24,27,30,32,34-35,37,40,42-44,46,49,51-59H2,1-3H3/b11-8-,19-16-,20-17-,28-25-,29-26-,33-31-,39-36-,41-38-,48-45-,50-47-/t60-/m0/s1. The molecule has 390 valence electrons. The molecule has 0 aromatic carbocycles. The first-order chi connectivity index (χ1) is 34.0. The highest BCUT2D eigenvalue weighted by molar-refractivity contribution is 5.71. The number of hydrogen-bond donors (Lipinski definition) is 0. The first kappa shape index (κ1) is 64.8. The Hall–Kier alpha value is -4.19. The third-order valence-corrected chi connectivity index (χ3v) is 11.5. The summed E-state index contributed by atoms with van der Waals surface area (Å²) in [6.07, 6.45) is 77.7. The van der Waals surface area contributed by atoms with E-state index in [9.17, 15) is 14.4 Å². The summed E-state index contributed by atoms with van der Waals surface area (Å²) in [5.74, 6) is -1.07. The Balaban J connectivity index is 4.59. The van der Waals surface area contributed by atoms with E-state index >= 15 is 0 Å². The van der Waals surface area contributed by atoms with E-state index in [0.717, 1.165) is 83.5 Å². The van der Waals surface area contributed by atoms with Crippen molar-refractivity contribution in [1.29, 1.82) is 0 Å². The fourth-order valence-corrected chi connectivity index (χ4v) is 7.28. The summed E-state index contributed by atoms with van der Waals surface area (Å²) < 4.78 is 16.7. The Kier molecular flexibility index (Phi) is 53.0. The van der Waals surface area contributed by atoms with Gasteiger partial charge in [0.05, 0.1) is 0 Å². The Labute approximate surface area is 424 Å². The van der Waals surface area contributed by atoms with Gasteiger partial charge in [-0.1, -0.05) is 245 Å². The van der Waals surface area contributed by atoms with Crippen LogP contribution in [-0.2, 0) is 28.6 Å². The maximum Gasteiger partial charge on any atom is 0.306 e. The molecule has 0 heterocycles. The highest BCUT2D eigenvalue weighted by atomic mass is 16.6. The van der Waals surface area contributed by atoms with Crippen LogP contribution in [0, 0.1) is 0 Å². The van der Waals surface area contributed by atoms with E-state index in [1.54, 1.807) is 0 Å². The molecule has 0 aromatic heterocycles. The predicted octanol–water partition coefficient (Wildman–Crippen LogP) is 18.9. The van der Waals surface area contributed by atoms with Crippen molar-refractivity contribution in [1.82, 2.24) is 0 Å². The number of unbranched alkanes of at least 4 members (excludes halogenated alkanes) is 18. The zero-order valence-corrected chi connectivity index (χ0v) is 44.5. The van der Waals surface area contributed by atoms with Crippen molar-refractivity contribution in [2.24, 2.45) is 0 Å². The maximum absolute atomic E-state index is 12.8. The lowest BCUT2D eigenvalue weighted by Crippen LogP contribution is -2.30. The number of hydrogen-bond acceptors (Lipinski definition) is 6. The molecule has 0 N–H and O–H groups in total. The molecular formula is C63H102O6. The molecule has 1 atom stereocenters. The normalized spacial score (nSPS) is 13.0. The minimum atomic E-state index is -0.840. The molecule has 0 aromatic rings. The Morgan fingerprint density at radius 1 is 0.304 bits per heavy atom. The summed E-state index contributed by atoms with van der Waals surface area (Å²) >= 11 is 0. The highest BCUT2D eigenvalue weighted by Crippen LogP contribution is 2.14. The molecule has 0 rings (SSSR count). The first-order valence-electron chi connectivity index (χ1n) is 28.0. The number of allylic oxidation sites excluding steroid dienone is 20. The third kappa shape index (κ3) is 54.6. The maximum atomic E-state index is 12.8. The second-order valence-corrected chi connectivity index (χ2v) is 18.1. The largest absolute Gasteiger partial charge is 0.462 e. The van der Waals surface area contributed by atoms with Crippen molar-refractivity contribution in [2.45, 2.75) is 245 Å². The summed E-state index contributed by atoms with van der Waals surface area (Å²) in [7, 11) is 0. The minimum Gasteiger partial charge on any atom is -0.462 e. The Morgan fingerprint density at radius 2 is 0.609 bits per heavy atom. The van der Waals surface area contributed by atoms with Crippen LogP contribution in [0.5, 0.6) is 0 Å². The van der Waals surface area contributed by atoms with Crippen LogP contribution in [0.3, 0.4) is 0 Å². The smallest absolute Gasteiger partial charge is 0.306 e. The SMILES string of the molecule is CC/C=C\C/C=C\C/C=C\C/C=C\C/C=C\CCCC(=O)O[C@H](COC(=O)CC/C=C\C/C=C\C/C=C\C/C=C\C/C=C\CCCCC)COC(=O)CCCCCCCCCCCCCCCCC. The van der Waals surface area contributed by atoms with Gasteiger partial charge in [0.2, 0.25) is 0 Å². The van der Waals surface area contributed by atoms with Gasteiger partial charge < -0.3 is 14.2 Å². The summed E-state index contributed by atoms with van der Waals surface area (Å²) in [6, 6.07) is 0. The van der Waals surface area contributed by atoms with Crippen molar-refractivity contribution in [3.05, 3.63) is 122 Å². The number of carbonyl (C=O) groups excluding carboxylic acids is 3. The van der Waals surface area contributed by atoms with Crippen LogP contribution in [0.15, 0.2) is 122 Å². The second-order valence-electron chi connectivity index (χ2n) is 18.1. The lowest BCUT2D eigenvalue weighted by molar-refractivity contribution is -0.166. The fraction of sp³-hybridized carbons (Fsp3) is 0.635. The van der Waals surface area contributed by atoms with Crippen LogP contribution in [-0.4, -0.2) is 37.2 Å². The number of carbonyl (C=O) groups is 3. The van der Waals surface area contributed by atoms with Gasteiger partial charge in [-0.15, -0.1) is 0 Å². The molecule has 0 spiro atoms. The van der Waals surface area contributed by atoms with E-state index in [2.05, 4.69) is 130 Å². The van der Waals surface area contributed by atoms with Gasteiger partial charge >= 0.3 is 17.9 Å². The number of esters is 3. The zero-order valence-electron chi connectivity index (χ0n) is 44.5. The van der Waals surface area contributed by atoms with E-state index in [1.807, 2.05) is 12.2 Å². The molecule has 0 bridgehead atoms. The molecule has 0 radical (unpaired) electrons. The quantitative estimate of drug-likeness (QED) is 0.0262. The Bertz CT molecular complexity index is 1470. The number of ether oxygens (including phenoxy) is 3. The first-order valence-corrected chi connectivity index (χ1v) is 28.0. The van der Waals surface area contributed by atoms with Gasteiger partial charge in [-0.3, -0.25) is 14.4 Å². The lowest BCUT2D eigenvalue weighted by atomic mass is 10.0. The van der Waals surface area contributed by atoms with Crippen LogP contribution >= 0.6 is 0 Å². The van der Waals surface area contributed by atoms with Crippen molar-refractivity contribution in [3.63, 3.8) is 0 Å². The van der Waals surface area contributed by atoms with E-state index in [-0.39, 0.29) is 44.0 Å². The summed E-state index contributed by atoms with van der Waals surface area (Å²) in [4.78, 5) is 38.1. The van der Waals surface area contributed by atoms with Crippen LogP contribution in [0.2, 0.25) is 0 Å². The van der Waals surface area contributed by atoms with Crippen molar-refractivity contribution in [2.75, 3.05) is 13.2 Å². The van der Waals surface area contributed by atoms with E-state index in [0.29, 0.717) is 19.3 Å². The van der Waals surface area contributed by atoms with Gasteiger partial charge in [-0.25, -0.2) is 0 Å². The Morgan fingerprint density at radius 3 is 1.01 bits per heavy atom. The second kappa shape index (κ2) is 56.4. The van der Waals surface area contributed by atoms with Crippen molar-refractivity contribution >= 4 is 17.9 Å². The molecule has 0 saturated carbocycles. The molecule has 0 fully saturated rings. The van der Waals surface area contributed by atoms with Crippen LogP contribution in [0.4, 0.5) is 0 Å². The molecule has 6 nitrogen and oxygen atoms in total. The fourth-order valence-electron chi connectivity index (χ4n) is 7.28. The molecule has 6 heteroatoms. The third-order valence-electron chi connectivity index (χ3n) is 11.5. The monoisotopic (exact) mass is 955 g/mol. The lowest BCUT2D eigenvalue weighted by Gasteiger charge is -2.18. The van der Waals surface area contributed by atoms with Crippen LogP contribution in [0.1, 0.15) is 239 Å². The van der Waals surface area contributed by atoms with Gasteiger partial charge in [0, 0.05) is 19.3 Å². The van der Waals surface area contributed by atoms with Gasteiger partial charge in [0.15, 0.2) is 6.10 Å². The summed E-state index contributed by atoms with van der Waals surface area (Å²) in [6.45, 7) is 6.38.